The summed E-state index contributed by atoms with van der Waals surface area (Å²) >= 11 is 1.34. The number of hydrogen-bond acceptors (Lipinski definition) is 5. The summed E-state index contributed by atoms with van der Waals surface area (Å²) in [6.07, 6.45) is 4.88. The van der Waals surface area contributed by atoms with Crippen LogP contribution in [0.15, 0.2) is 61.2 Å². The van der Waals surface area contributed by atoms with Gasteiger partial charge in [-0.1, -0.05) is 18.2 Å². The summed E-state index contributed by atoms with van der Waals surface area (Å²) < 4.78 is 21.4. The fourth-order valence-corrected chi connectivity index (χ4v) is 3.64. The van der Waals surface area contributed by atoms with E-state index in [0.717, 1.165) is 10.6 Å². The molecule has 140 valence electrons. The first-order chi connectivity index (χ1) is 13.6. The number of carbonyl (C=O) groups excluding carboxylic acids is 1. The Hall–Kier alpha value is -3.32. The molecule has 4 aromatic rings. The molecule has 0 saturated carbocycles. The van der Waals surface area contributed by atoms with Crippen LogP contribution in [0.3, 0.4) is 0 Å². The Kier molecular flexibility index (Phi) is 4.75. The third-order valence-corrected chi connectivity index (χ3v) is 5.17. The highest BCUT2D eigenvalue weighted by atomic mass is 32.1. The van der Waals surface area contributed by atoms with Gasteiger partial charge in [0.15, 0.2) is 5.01 Å². The molecule has 0 saturated heterocycles. The van der Waals surface area contributed by atoms with Gasteiger partial charge in [0.1, 0.15) is 23.6 Å². The number of nitrogens with zero attached hydrogens (tertiary/aromatic N) is 3. The fraction of sp³-hybridized carbons (Fsp3) is 0.0952. The summed E-state index contributed by atoms with van der Waals surface area (Å²) in [4.78, 5) is 21.8. The minimum atomic E-state index is -0.364. The summed E-state index contributed by atoms with van der Waals surface area (Å²) in [5, 5.41) is 0.410. The molecule has 0 spiro atoms. The van der Waals surface area contributed by atoms with Crippen LogP contribution in [0, 0.1) is 12.7 Å². The molecule has 0 bridgehead atoms. The highest BCUT2D eigenvalue weighted by Crippen LogP contribution is 2.33. The zero-order valence-corrected chi connectivity index (χ0v) is 16.0. The molecular weight excluding hydrogens is 377 g/mol. The smallest absolute Gasteiger partial charge is 0.241 e. The minimum absolute atomic E-state index is 0.219. The molecular formula is C21H16FN3O2S. The number of hydrogen-bond donors (Lipinski definition) is 0. The van der Waals surface area contributed by atoms with Gasteiger partial charge in [0, 0.05) is 23.0 Å². The zero-order chi connectivity index (χ0) is 19.7. The van der Waals surface area contributed by atoms with Crippen LogP contribution in [-0.2, 0) is 0 Å². The van der Waals surface area contributed by atoms with Crippen LogP contribution in [0.1, 0.15) is 20.4 Å². The maximum atomic E-state index is 14.4. The van der Waals surface area contributed by atoms with Crippen molar-refractivity contribution in [3.63, 3.8) is 0 Å². The number of imidazole rings is 1. The van der Waals surface area contributed by atoms with E-state index in [1.54, 1.807) is 35.4 Å². The molecule has 5 nitrogen and oxygen atoms in total. The van der Waals surface area contributed by atoms with E-state index in [2.05, 4.69) is 9.97 Å². The lowest BCUT2D eigenvalue weighted by atomic mass is 10.0. The molecule has 0 amide bonds. The van der Waals surface area contributed by atoms with E-state index in [0.29, 0.717) is 27.6 Å². The van der Waals surface area contributed by atoms with Crippen LogP contribution in [0.5, 0.6) is 5.75 Å². The van der Waals surface area contributed by atoms with Crippen molar-refractivity contribution >= 4 is 17.1 Å². The molecule has 0 aliphatic heterocycles. The second-order valence-electron chi connectivity index (χ2n) is 6.14. The standard InChI is InChI=1S/C21H16FN3O2S/c1-13-10-23-21(28-13)20(26)17-11-25(12-24-17)15-6-3-5-14(9-15)19-16(22)7-4-8-18(19)27-2/h3-12H,1-2H3. The van der Waals surface area contributed by atoms with Gasteiger partial charge in [0.25, 0.3) is 0 Å². The number of carbonyl (C=O) groups is 1. The Labute approximate surface area is 165 Å². The van der Waals surface area contributed by atoms with E-state index in [1.165, 1.54) is 24.5 Å². The molecule has 0 aliphatic carbocycles. The first kappa shape index (κ1) is 18.1. The van der Waals surface area contributed by atoms with E-state index in [9.17, 15) is 9.18 Å². The molecule has 28 heavy (non-hydrogen) atoms. The second-order valence-corrected chi connectivity index (χ2v) is 7.37. The predicted octanol–water partition coefficient (Wildman–Crippen LogP) is 4.68. The highest BCUT2D eigenvalue weighted by molar-refractivity contribution is 7.13. The maximum absolute atomic E-state index is 14.4. The Morgan fingerprint density at radius 3 is 2.75 bits per heavy atom. The molecule has 7 heteroatoms. The fourth-order valence-electron chi connectivity index (χ4n) is 2.93. The quantitative estimate of drug-likeness (QED) is 0.462. The van der Waals surface area contributed by atoms with Crippen molar-refractivity contribution in [3.05, 3.63) is 82.6 Å². The summed E-state index contributed by atoms with van der Waals surface area (Å²) in [5.41, 5.74) is 2.12. The normalized spacial score (nSPS) is 10.8. The lowest BCUT2D eigenvalue weighted by molar-refractivity contribution is 0.103. The number of methoxy groups -OCH3 is 1. The SMILES string of the molecule is COc1cccc(F)c1-c1cccc(-n2cnc(C(=O)c3ncc(C)s3)c2)c1. The molecule has 0 N–H and O–H groups in total. The van der Waals surface area contributed by atoms with E-state index < -0.39 is 0 Å². The predicted molar refractivity (Wildman–Crippen MR) is 106 cm³/mol. The Morgan fingerprint density at radius 2 is 2.00 bits per heavy atom. The molecule has 0 atom stereocenters. The number of thiazole rings is 1. The van der Waals surface area contributed by atoms with E-state index in [4.69, 9.17) is 4.74 Å². The summed E-state index contributed by atoms with van der Waals surface area (Å²) in [7, 11) is 1.51. The van der Waals surface area contributed by atoms with Gasteiger partial charge in [-0.25, -0.2) is 14.4 Å². The van der Waals surface area contributed by atoms with Crippen molar-refractivity contribution in [2.75, 3.05) is 7.11 Å². The molecule has 4 rings (SSSR count). The highest BCUT2D eigenvalue weighted by Gasteiger charge is 2.17. The monoisotopic (exact) mass is 393 g/mol. The summed E-state index contributed by atoms with van der Waals surface area (Å²) in [5.74, 6) is -0.126. The molecule has 0 radical (unpaired) electrons. The number of halogens is 1. The third-order valence-electron chi connectivity index (χ3n) is 4.26. The Morgan fingerprint density at radius 1 is 1.18 bits per heavy atom. The van der Waals surface area contributed by atoms with Crippen molar-refractivity contribution in [2.24, 2.45) is 0 Å². The van der Waals surface area contributed by atoms with Crippen LogP contribution in [0.4, 0.5) is 4.39 Å². The molecule has 0 fully saturated rings. The van der Waals surface area contributed by atoms with Gasteiger partial charge in [-0.3, -0.25) is 4.79 Å². The molecule has 0 unspecified atom stereocenters. The van der Waals surface area contributed by atoms with Crippen molar-refractivity contribution in [1.82, 2.24) is 14.5 Å². The van der Waals surface area contributed by atoms with Crippen LogP contribution >= 0.6 is 11.3 Å². The van der Waals surface area contributed by atoms with Gasteiger partial charge in [-0.2, -0.15) is 0 Å². The van der Waals surface area contributed by atoms with E-state index in [1.807, 2.05) is 31.2 Å². The van der Waals surface area contributed by atoms with Crippen molar-refractivity contribution < 1.29 is 13.9 Å². The number of aryl methyl sites for hydroxylation is 1. The van der Waals surface area contributed by atoms with Gasteiger partial charge in [0.2, 0.25) is 5.78 Å². The lowest BCUT2D eigenvalue weighted by Gasteiger charge is -2.11. The Bertz CT molecular complexity index is 1170. The molecule has 0 aliphatic rings. The van der Waals surface area contributed by atoms with Crippen LogP contribution in [0.25, 0.3) is 16.8 Å². The average molecular weight is 393 g/mol. The average Bonchev–Trinajstić information content (AvgIpc) is 3.37. The molecule has 2 aromatic carbocycles. The number of ether oxygens (including phenoxy) is 1. The number of benzene rings is 2. The first-order valence-corrected chi connectivity index (χ1v) is 9.33. The van der Waals surface area contributed by atoms with Crippen LogP contribution in [0.2, 0.25) is 0 Å². The van der Waals surface area contributed by atoms with Gasteiger partial charge in [0.05, 0.1) is 12.7 Å². The molecule has 2 aromatic heterocycles. The van der Waals surface area contributed by atoms with Crippen molar-refractivity contribution in [1.29, 1.82) is 0 Å². The summed E-state index contributed by atoms with van der Waals surface area (Å²) in [6, 6.07) is 12.0. The number of aromatic nitrogens is 3. The minimum Gasteiger partial charge on any atom is -0.496 e. The Balaban J connectivity index is 1.70. The van der Waals surface area contributed by atoms with Gasteiger partial charge < -0.3 is 9.30 Å². The van der Waals surface area contributed by atoms with Gasteiger partial charge in [-0.15, -0.1) is 11.3 Å². The van der Waals surface area contributed by atoms with Crippen molar-refractivity contribution in [3.8, 4) is 22.6 Å². The number of rotatable bonds is 5. The summed E-state index contributed by atoms with van der Waals surface area (Å²) in [6.45, 7) is 1.90. The van der Waals surface area contributed by atoms with E-state index in [-0.39, 0.29) is 11.6 Å². The van der Waals surface area contributed by atoms with Crippen molar-refractivity contribution in [2.45, 2.75) is 6.92 Å². The van der Waals surface area contributed by atoms with Crippen LogP contribution in [-0.4, -0.2) is 27.4 Å². The van der Waals surface area contributed by atoms with E-state index >= 15 is 0 Å². The maximum Gasteiger partial charge on any atom is 0.241 e. The topological polar surface area (TPSA) is 57.0 Å². The zero-order valence-electron chi connectivity index (χ0n) is 15.2. The van der Waals surface area contributed by atoms with Gasteiger partial charge in [-0.05, 0) is 36.8 Å². The molecule has 2 heterocycles. The first-order valence-electron chi connectivity index (χ1n) is 8.51. The van der Waals surface area contributed by atoms with Gasteiger partial charge >= 0.3 is 0 Å². The van der Waals surface area contributed by atoms with Crippen LogP contribution < -0.4 is 4.74 Å². The lowest BCUT2D eigenvalue weighted by Crippen LogP contribution is -2.00. The largest absolute Gasteiger partial charge is 0.496 e. The third kappa shape index (κ3) is 3.32. The number of ketones is 1. The second kappa shape index (κ2) is 7.36.